The summed E-state index contributed by atoms with van der Waals surface area (Å²) in [6.45, 7) is 3.26. The monoisotopic (exact) mass is 269 g/mol. The molecule has 20 heavy (non-hydrogen) atoms. The Morgan fingerprint density at radius 3 is 2.35 bits per heavy atom. The van der Waals surface area contributed by atoms with Gasteiger partial charge in [0.15, 0.2) is 0 Å². The molecule has 2 nitrogen and oxygen atoms in total. The predicted molar refractivity (Wildman–Crippen MR) is 79.4 cm³/mol. The van der Waals surface area contributed by atoms with Gasteiger partial charge >= 0.3 is 0 Å². The van der Waals surface area contributed by atoms with Crippen molar-refractivity contribution >= 4 is 5.91 Å². The molecule has 106 valence electrons. The van der Waals surface area contributed by atoms with E-state index in [-0.39, 0.29) is 5.41 Å². The highest BCUT2D eigenvalue weighted by atomic mass is 16.2. The first-order chi connectivity index (χ1) is 9.65. The number of hydrogen-bond donors (Lipinski definition) is 0. The zero-order chi connectivity index (χ0) is 13.8. The molecule has 1 aliphatic heterocycles. The fourth-order valence-electron chi connectivity index (χ4n) is 4.41. The van der Waals surface area contributed by atoms with E-state index in [1.807, 2.05) is 6.07 Å². The number of nitrogens with zero attached hydrogens (tertiary/aromatic N) is 1. The third-order valence-corrected chi connectivity index (χ3v) is 5.93. The maximum atomic E-state index is 13.1. The Balaban J connectivity index is 1.59. The van der Waals surface area contributed by atoms with Crippen molar-refractivity contribution in [2.45, 2.75) is 56.9 Å². The Hall–Kier alpha value is -1.31. The van der Waals surface area contributed by atoms with Gasteiger partial charge in [0.2, 0.25) is 5.91 Å². The Morgan fingerprint density at radius 1 is 1.15 bits per heavy atom. The Morgan fingerprint density at radius 2 is 1.85 bits per heavy atom. The molecule has 1 aromatic carbocycles. The Labute approximate surface area is 121 Å². The summed E-state index contributed by atoms with van der Waals surface area (Å²) in [6, 6.07) is 10.8. The third-order valence-electron chi connectivity index (χ3n) is 5.93. The average Bonchev–Trinajstić information content (AvgIpc) is 3.16. The smallest absolute Gasteiger partial charge is 0.233 e. The quantitative estimate of drug-likeness (QED) is 0.804. The fraction of sp³-hybridized carbons (Fsp3) is 0.611. The van der Waals surface area contributed by atoms with E-state index in [9.17, 15) is 4.79 Å². The van der Waals surface area contributed by atoms with Gasteiger partial charge in [0.1, 0.15) is 0 Å². The molecule has 2 heteroatoms. The van der Waals surface area contributed by atoms with Crippen LogP contribution in [-0.2, 0) is 10.2 Å². The lowest BCUT2D eigenvalue weighted by molar-refractivity contribution is -0.135. The van der Waals surface area contributed by atoms with Gasteiger partial charge in [-0.1, -0.05) is 36.8 Å². The van der Waals surface area contributed by atoms with Crippen LogP contribution >= 0.6 is 0 Å². The number of carbonyl (C=O) groups excluding carboxylic acids is 1. The Bertz CT molecular complexity index is 528. The minimum atomic E-state index is -0.176. The van der Waals surface area contributed by atoms with E-state index < -0.39 is 0 Å². The van der Waals surface area contributed by atoms with Crippen molar-refractivity contribution in [2.24, 2.45) is 5.41 Å². The van der Waals surface area contributed by atoms with Gasteiger partial charge < -0.3 is 4.90 Å². The van der Waals surface area contributed by atoms with Gasteiger partial charge in [-0.2, -0.15) is 0 Å². The van der Waals surface area contributed by atoms with Crippen LogP contribution < -0.4 is 0 Å². The van der Waals surface area contributed by atoms with Gasteiger partial charge in [0.25, 0.3) is 0 Å². The molecule has 0 bridgehead atoms. The number of likely N-dealkylation sites (tertiary alicyclic amines) is 1. The van der Waals surface area contributed by atoms with E-state index in [4.69, 9.17) is 0 Å². The number of hydrogen-bond acceptors (Lipinski definition) is 1. The second-order valence-electron chi connectivity index (χ2n) is 7.29. The van der Waals surface area contributed by atoms with Crippen LogP contribution in [0.2, 0.25) is 0 Å². The van der Waals surface area contributed by atoms with E-state index in [1.54, 1.807) is 0 Å². The minimum Gasteiger partial charge on any atom is -0.339 e. The van der Waals surface area contributed by atoms with E-state index in [1.165, 1.54) is 31.2 Å². The summed E-state index contributed by atoms with van der Waals surface area (Å²) in [5, 5.41) is 0. The van der Waals surface area contributed by atoms with Crippen molar-refractivity contribution in [3.63, 3.8) is 0 Å². The van der Waals surface area contributed by atoms with E-state index in [2.05, 4.69) is 36.1 Å². The molecule has 1 aromatic rings. The number of benzene rings is 1. The minimum absolute atomic E-state index is 0.176. The molecule has 1 heterocycles. The van der Waals surface area contributed by atoms with E-state index in [0.717, 1.165) is 19.4 Å². The number of carbonyl (C=O) groups is 1. The first-order valence-corrected chi connectivity index (χ1v) is 8.02. The third kappa shape index (κ3) is 1.66. The van der Waals surface area contributed by atoms with Crippen molar-refractivity contribution in [3.8, 4) is 0 Å². The van der Waals surface area contributed by atoms with Gasteiger partial charge in [-0.05, 0) is 50.0 Å². The number of rotatable bonds is 2. The van der Waals surface area contributed by atoms with Gasteiger partial charge in [0, 0.05) is 12.6 Å². The molecular formula is C18H23NO. The zero-order valence-corrected chi connectivity index (χ0v) is 12.3. The predicted octanol–water partition coefficient (Wildman–Crippen LogP) is 3.51. The summed E-state index contributed by atoms with van der Waals surface area (Å²) in [5.74, 6) is 0.403. The largest absolute Gasteiger partial charge is 0.339 e. The molecule has 0 N–H and O–H groups in total. The van der Waals surface area contributed by atoms with Crippen LogP contribution in [0.5, 0.6) is 0 Å². The second-order valence-corrected chi connectivity index (χ2v) is 7.29. The van der Waals surface area contributed by atoms with Crippen LogP contribution in [-0.4, -0.2) is 23.4 Å². The van der Waals surface area contributed by atoms with Gasteiger partial charge in [-0.25, -0.2) is 0 Å². The van der Waals surface area contributed by atoms with Crippen LogP contribution in [0.25, 0.3) is 0 Å². The normalized spacial score (nSPS) is 29.2. The van der Waals surface area contributed by atoms with Crippen molar-refractivity contribution in [3.05, 3.63) is 35.9 Å². The molecule has 3 aliphatic rings. The van der Waals surface area contributed by atoms with Crippen molar-refractivity contribution in [2.75, 3.05) is 6.54 Å². The molecule has 2 saturated carbocycles. The van der Waals surface area contributed by atoms with Crippen LogP contribution in [0, 0.1) is 5.41 Å². The maximum absolute atomic E-state index is 13.1. The lowest BCUT2D eigenvalue weighted by Crippen LogP contribution is -2.43. The molecule has 0 radical (unpaired) electrons. The summed E-state index contributed by atoms with van der Waals surface area (Å²) < 4.78 is 0. The van der Waals surface area contributed by atoms with E-state index in [0.29, 0.717) is 17.4 Å². The van der Waals surface area contributed by atoms with Gasteiger partial charge in [-0.3, -0.25) is 4.79 Å². The molecule has 1 spiro atoms. The highest BCUT2D eigenvalue weighted by Gasteiger charge is 2.57. The van der Waals surface area contributed by atoms with Crippen LogP contribution in [0.1, 0.15) is 51.0 Å². The van der Waals surface area contributed by atoms with Crippen LogP contribution in [0.4, 0.5) is 0 Å². The molecular weight excluding hydrogens is 246 g/mol. The lowest BCUT2D eigenvalue weighted by atomic mass is 9.68. The summed E-state index contributed by atoms with van der Waals surface area (Å²) in [5.41, 5.74) is 1.54. The van der Waals surface area contributed by atoms with Crippen molar-refractivity contribution < 1.29 is 4.79 Å². The van der Waals surface area contributed by atoms with Crippen molar-refractivity contribution in [1.29, 1.82) is 0 Å². The van der Waals surface area contributed by atoms with Gasteiger partial charge in [-0.15, -0.1) is 0 Å². The molecule has 1 saturated heterocycles. The fourth-order valence-corrected chi connectivity index (χ4v) is 4.41. The lowest BCUT2D eigenvalue weighted by Gasteiger charge is -2.38. The summed E-state index contributed by atoms with van der Waals surface area (Å²) in [6.07, 6.45) is 7.32. The average molecular weight is 269 g/mol. The number of amides is 1. The van der Waals surface area contributed by atoms with Crippen LogP contribution in [0.3, 0.4) is 0 Å². The van der Waals surface area contributed by atoms with Crippen molar-refractivity contribution in [1.82, 2.24) is 4.90 Å². The Kier molecular flexibility index (Phi) is 2.55. The molecule has 4 rings (SSSR count). The SMILES string of the molecule is CC1CC2(CCC2)CN1C(=O)C1(c2ccccc2)CC1. The second kappa shape index (κ2) is 4.09. The molecule has 2 aliphatic carbocycles. The summed E-state index contributed by atoms with van der Waals surface area (Å²) >= 11 is 0. The van der Waals surface area contributed by atoms with Gasteiger partial charge in [0.05, 0.1) is 5.41 Å². The summed E-state index contributed by atoms with van der Waals surface area (Å²) in [7, 11) is 0. The molecule has 1 atom stereocenters. The first kappa shape index (κ1) is 12.4. The highest BCUT2D eigenvalue weighted by Crippen LogP contribution is 2.54. The molecule has 0 aromatic heterocycles. The molecule has 1 amide bonds. The van der Waals surface area contributed by atoms with Crippen LogP contribution in [0.15, 0.2) is 30.3 Å². The summed E-state index contributed by atoms with van der Waals surface area (Å²) in [4.78, 5) is 15.3. The molecule has 1 unspecified atom stereocenters. The topological polar surface area (TPSA) is 20.3 Å². The zero-order valence-electron chi connectivity index (χ0n) is 12.3. The standard InChI is InChI=1S/C18H23NO/c1-14-12-17(8-5-9-17)13-19(14)16(20)18(10-11-18)15-6-3-2-4-7-15/h2-4,6-7,14H,5,8-13H2,1H3. The first-order valence-electron chi connectivity index (χ1n) is 8.02. The van der Waals surface area contributed by atoms with E-state index >= 15 is 0 Å². The molecule has 3 fully saturated rings. The maximum Gasteiger partial charge on any atom is 0.233 e. The highest BCUT2D eigenvalue weighted by molar-refractivity contribution is 5.91.